The average Bonchev–Trinajstić information content (AvgIpc) is 2.74. The minimum atomic E-state index is 0.153. The number of methoxy groups -OCH3 is 1. The van der Waals surface area contributed by atoms with Gasteiger partial charge in [0.2, 0.25) is 0 Å². The van der Waals surface area contributed by atoms with Crippen LogP contribution in [0.3, 0.4) is 0 Å². The molecule has 0 spiro atoms. The summed E-state index contributed by atoms with van der Waals surface area (Å²) in [5.74, 6) is 1.25. The molecule has 0 aromatic heterocycles. The molecule has 1 fully saturated rings. The standard InChI is InChI=1S/C14H21BrN2O2/c1-9-3-11(6-16)8-17(9)7-10-4-12(15)14(18)13(5-10)19-2/h4-5,9,11,18H,3,6-8,16H2,1-2H3. The van der Waals surface area contributed by atoms with Crippen molar-refractivity contribution in [2.75, 3.05) is 20.2 Å². The Hall–Kier alpha value is -0.780. The lowest BCUT2D eigenvalue weighted by atomic mass is 10.1. The Morgan fingerprint density at radius 3 is 2.84 bits per heavy atom. The molecule has 0 aliphatic carbocycles. The van der Waals surface area contributed by atoms with E-state index in [1.165, 1.54) is 0 Å². The average molecular weight is 329 g/mol. The van der Waals surface area contributed by atoms with Crippen LogP contribution in [0.5, 0.6) is 11.5 Å². The van der Waals surface area contributed by atoms with E-state index in [1.807, 2.05) is 12.1 Å². The molecular formula is C14H21BrN2O2. The van der Waals surface area contributed by atoms with Gasteiger partial charge in [-0.2, -0.15) is 0 Å². The zero-order valence-corrected chi connectivity index (χ0v) is 13.0. The van der Waals surface area contributed by atoms with Gasteiger partial charge in [0.1, 0.15) is 0 Å². The predicted molar refractivity (Wildman–Crippen MR) is 79.4 cm³/mol. The van der Waals surface area contributed by atoms with E-state index >= 15 is 0 Å². The van der Waals surface area contributed by atoms with Crippen molar-refractivity contribution in [2.45, 2.75) is 25.9 Å². The molecule has 1 saturated heterocycles. The van der Waals surface area contributed by atoms with Gasteiger partial charge < -0.3 is 15.6 Å². The molecule has 2 unspecified atom stereocenters. The molecule has 0 bridgehead atoms. The summed E-state index contributed by atoms with van der Waals surface area (Å²) in [7, 11) is 1.56. The first kappa shape index (κ1) is 14.6. The van der Waals surface area contributed by atoms with Crippen LogP contribution >= 0.6 is 15.9 Å². The Labute approximate surface area is 122 Å². The maximum absolute atomic E-state index is 9.81. The Morgan fingerprint density at radius 2 is 2.26 bits per heavy atom. The molecule has 0 radical (unpaired) electrons. The molecule has 1 aromatic carbocycles. The summed E-state index contributed by atoms with van der Waals surface area (Å²) >= 11 is 3.36. The highest BCUT2D eigenvalue weighted by Gasteiger charge is 2.28. The number of nitrogens with zero attached hydrogens (tertiary/aromatic N) is 1. The number of rotatable bonds is 4. The highest BCUT2D eigenvalue weighted by Crippen LogP contribution is 2.36. The molecule has 1 aliphatic heterocycles. The lowest BCUT2D eigenvalue weighted by molar-refractivity contribution is 0.255. The van der Waals surface area contributed by atoms with Crippen LogP contribution in [0.2, 0.25) is 0 Å². The maximum Gasteiger partial charge on any atom is 0.172 e. The van der Waals surface area contributed by atoms with E-state index in [0.717, 1.165) is 31.6 Å². The van der Waals surface area contributed by atoms with E-state index in [2.05, 4.69) is 27.8 Å². The Kier molecular flexibility index (Phi) is 4.71. The van der Waals surface area contributed by atoms with Crippen molar-refractivity contribution >= 4 is 15.9 Å². The van der Waals surface area contributed by atoms with Crippen LogP contribution in [0.25, 0.3) is 0 Å². The van der Waals surface area contributed by atoms with Gasteiger partial charge in [-0.1, -0.05) is 0 Å². The molecular weight excluding hydrogens is 308 g/mol. The van der Waals surface area contributed by atoms with Gasteiger partial charge in [-0.15, -0.1) is 0 Å². The van der Waals surface area contributed by atoms with Crippen molar-refractivity contribution in [2.24, 2.45) is 11.7 Å². The van der Waals surface area contributed by atoms with E-state index < -0.39 is 0 Å². The summed E-state index contributed by atoms with van der Waals surface area (Å²) in [6.07, 6.45) is 1.16. The third kappa shape index (κ3) is 3.22. The molecule has 0 saturated carbocycles. The third-order valence-electron chi connectivity index (χ3n) is 3.82. The van der Waals surface area contributed by atoms with Crippen LogP contribution in [0, 0.1) is 5.92 Å². The molecule has 2 atom stereocenters. The maximum atomic E-state index is 9.81. The zero-order valence-electron chi connectivity index (χ0n) is 11.4. The van der Waals surface area contributed by atoms with Crippen molar-refractivity contribution in [3.63, 3.8) is 0 Å². The lowest BCUT2D eigenvalue weighted by Gasteiger charge is -2.21. The summed E-state index contributed by atoms with van der Waals surface area (Å²) < 4.78 is 5.85. The number of likely N-dealkylation sites (tertiary alicyclic amines) is 1. The van der Waals surface area contributed by atoms with Gasteiger partial charge in [-0.3, -0.25) is 4.90 Å². The van der Waals surface area contributed by atoms with E-state index in [9.17, 15) is 5.11 Å². The topological polar surface area (TPSA) is 58.7 Å². The van der Waals surface area contributed by atoms with Gasteiger partial charge in [-0.05, 0) is 59.4 Å². The number of hydrogen-bond acceptors (Lipinski definition) is 4. The molecule has 106 valence electrons. The zero-order chi connectivity index (χ0) is 14.0. The van der Waals surface area contributed by atoms with Crippen LogP contribution in [0.15, 0.2) is 16.6 Å². The van der Waals surface area contributed by atoms with Crippen LogP contribution in [0.4, 0.5) is 0 Å². The fraction of sp³-hybridized carbons (Fsp3) is 0.571. The molecule has 5 heteroatoms. The first-order valence-electron chi connectivity index (χ1n) is 6.54. The summed E-state index contributed by atoms with van der Waals surface area (Å²) in [5, 5.41) is 9.81. The van der Waals surface area contributed by atoms with Crippen molar-refractivity contribution < 1.29 is 9.84 Å². The van der Waals surface area contributed by atoms with Gasteiger partial charge in [0.05, 0.1) is 11.6 Å². The monoisotopic (exact) mass is 328 g/mol. The van der Waals surface area contributed by atoms with E-state index in [-0.39, 0.29) is 5.75 Å². The molecule has 3 N–H and O–H groups in total. The van der Waals surface area contributed by atoms with Gasteiger partial charge in [0, 0.05) is 19.1 Å². The van der Waals surface area contributed by atoms with Crippen molar-refractivity contribution in [1.29, 1.82) is 0 Å². The second kappa shape index (κ2) is 6.11. The van der Waals surface area contributed by atoms with Crippen molar-refractivity contribution in [3.8, 4) is 11.5 Å². The van der Waals surface area contributed by atoms with E-state index in [0.29, 0.717) is 22.2 Å². The molecule has 1 heterocycles. The molecule has 1 aromatic rings. The third-order valence-corrected chi connectivity index (χ3v) is 4.42. The Bertz CT molecular complexity index is 453. The number of hydrogen-bond donors (Lipinski definition) is 2. The number of benzene rings is 1. The van der Waals surface area contributed by atoms with Gasteiger partial charge in [0.15, 0.2) is 11.5 Å². The fourth-order valence-electron chi connectivity index (χ4n) is 2.72. The van der Waals surface area contributed by atoms with Crippen molar-refractivity contribution in [1.82, 2.24) is 4.90 Å². The number of halogens is 1. The normalized spacial score (nSPS) is 23.8. The number of aromatic hydroxyl groups is 1. The Balaban J connectivity index is 2.13. The first-order chi connectivity index (χ1) is 9.05. The lowest BCUT2D eigenvalue weighted by Crippen LogP contribution is -2.27. The largest absolute Gasteiger partial charge is 0.503 e. The number of phenolic OH excluding ortho intramolecular Hbond substituents is 1. The van der Waals surface area contributed by atoms with Crippen LogP contribution in [-0.2, 0) is 6.54 Å². The smallest absolute Gasteiger partial charge is 0.172 e. The van der Waals surface area contributed by atoms with Crippen LogP contribution in [0.1, 0.15) is 18.9 Å². The number of ether oxygens (including phenoxy) is 1. The summed E-state index contributed by atoms with van der Waals surface area (Å²) in [6, 6.07) is 4.38. The number of nitrogens with two attached hydrogens (primary N) is 1. The SMILES string of the molecule is COc1cc(CN2CC(CN)CC2C)cc(Br)c1O. The number of phenols is 1. The summed E-state index contributed by atoms with van der Waals surface area (Å²) in [5.41, 5.74) is 6.88. The highest BCUT2D eigenvalue weighted by molar-refractivity contribution is 9.10. The highest BCUT2D eigenvalue weighted by atomic mass is 79.9. The quantitative estimate of drug-likeness (QED) is 0.890. The van der Waals surface area contributed by atoms with Gasteiger partial charge >= 0.3 is 0 Å². The molecule has 1 aliphatic rings. The van der Waals surface area contributed by atoms with Crippen LogP contribution in [-0.4, -0.2) is 36.2 Å². The molecule has 4 nitrogen and oxygen atoms in total. The summed E-state index contributed by atoms with van der Waals surface area (Å²) in [4.78, 5) is 2.43. The predicted octanol–water partition coefficient (Wildman–Crippen LogP) is 2.33. The molecule has 2 rings (SSSR count). The van der Waals surface area contributed by atoms with E-state index in [1.54, 1.807) is 7.11 Å². The second-order valence-corrected chi connectivity index (χ2v) is 6.10. The minimum Gasteiger partial charge on any atom is -0.503 e. The fourth-order valence-corrected chi connectivity index (χ4v) is 3.21. The second-order valence-electron chi connectivity index (χ2n) is 5.24. The molecule has 0 amide bonds. The van der Waals surface area contributed by atoms with Gasteiger partial charge in [0.25, 0.3) is 0 Å². The Morgan fingerprint density at radius 1 is 1.53 bits per heavy atom. The van der Waals surface area contributed by atoms with E-state index in [4.69, 9.17) is 10.5 Å². The van der Waals surface area contributed by atoms with Gasteiger partial charge in [-0.25, -0.2) is 0 Å². The van der Waals surface area contributed by atoms with Crippen molar-refractivity contribution in [3.05, 3.63) is 22.2 Å². The molecule has 19 heavy (non-hydrogen) atoms. The first-order valence-corrected chi connectivity index (χ1v) is 7.34. The summed E-state index contributed by atoms with van der Waals surface area (Å²) in [6.45, 7) is 4.89. The minimum absolute atomic E-state index is 0.153. The van der Waals surface area contributed by atoms with Crippen LogP contribution < -0.4 is 10.5 Å².